The molecule has 0 fully saturated rings. The third-order valence-corrected chi connectivity index (χ3v) is 7.48. The Hall–Kier alpha value is -4.33. The van der Waals surface area contributed by atoms with Crippen LogP contribution in [0.4, 0.5) is 4.79 Å². The highest BCUT2D eigenvalue weighted by molar-refractivity contribution is 5.89. The molecule has 1 aliphatic carbocycles. The van der Waals surface area contributed by atoms with E-state index in [1.54, 1.807) is 12.1 Å². The second-order valence-corrected chi connectivity index (χ2v) is 10.0. The maximum absolute atomic E-state index is 13.4. The lowest BCUT2D eigenvalue weighted by atomic mass is 9.96. The number of carbonyl (C=O) groups excluding carboxylic acids is 2. The van der Waals surface area contributed by atoms with Crippen LogP contribution in [0.3, 0.4) is 0 Å². The molecule has 2 amide bonds. The van der Waals surface area contributed by atoms with Gasteiger partial charge in [0.1, 0.15) is 24.4 Å². The molecule has 3 N–H and O–H groups in total. The van der Waals surface area contributed by atoms with Crippen molar-refractivity contribution in [3.8, 4) is 16.9 Å². The predicted molar refractivity (Wildman–Crippen MR) is 147 cm³/mol. The molecule has 4 rings (SSSR count). The molecule has 0 bridgehead atoms. The number of fused-ring (bicyclic) bond motifs is 3. The van der Waals surface area contributed by atoms with Crippen molar-refractivity contribution in [2.75, 3.05) is 13.7 Å². The lowest BCUT2D eigenvalue weighted by molar-refractivity contribution is -0.142. The summed E-state index contributed by atoms with van der Waals surface area (Å²) < 4.78 is 5.75. The fourth-order valence-corrected chi connectivity index (χ4v) is 5.17. The Morgan fingerprint density at radius 1 is 0.949 bits per heavy atom. The third kappa shape index (κ3) is 6.06. The van der Waals surface area contributed by atoms with Crippen LogP contribution in [0.2, 0.25) is 0 Å². The second kappa shape index (κ2) is 12.0. The van der Waals surface area contributed by atoms with Gasteiger partial charge in [-0.1, -0.05) is 80.9 Å². The Labute approximate surface area is 228 Å². The van der Waals surface area contributed by atoms with E-state index in [0.717, 1.165) is 22.3 Å². The van der Waals surface area contributed by atoms with Crippen LogP contribution in [0.15, 0.2) is 72.8 Å². The zero-order chi connectivity index (χ0) is 28.1. The largest absolute Gasteiger partial charge is 0.508 e. The summed E-state index contributed by atoms with van der Waals surface area (Å²) in [5, 5.41) is 21.9. The third-order valence-electron chi connectivity index (χ3n) is 7.48. The molecule has 0 saturated carbocycles. The molecular formula is C31H34N2O6. The van der Waals surface area contributed by atoms with Crippen molar-refractivity contribution in [2.45, 2.75) is 44.7 Å². The molecule has 0 spiro atoms. The Kier molecular flexibility index (Phi) is 8.54. The van der Waals surface area contributed by atoms with E-state index in [1.165, 1.54) is 24.1 Å². The molecule has 8 nitrogen and oxygen atoms in total. The number of rotatable bonds is 10. The van der Waals surface area contributed by atoms with Crippen LogP contribution in [-0.4, -0.2) is 58.8 Å². The summed E-state index contributed by atoms with van der Waals surface area (Å²) in [6.45, 7) is 3.86. The van der Waals surface area contributed by atoms with Crippen LogP contribution in [0.5, 0.6) is 5.75 Å². The van der Waals surface area contributed by atoms with E-state index < -0.39 is 30.1 Å². The molecule has 0 heterocycles. The number of hydrogen-bond donors (Lipinski definition) is 3. The number of carboxylic acids is 1. The van der Waals surface area contributed by atoms with Gasteiger partial charge in [-0.3, -0.25) is 9.69 Å². The van der Waals surface area contributed by atoms with Crippen molar-refractivity contribution in [2.24, 2.45) is 5.92 Å². The van der Waals surface area contributed by atoms with Gasteiger partial charge >= 0.3 is 12.1 Å². The number of nitrogens with zero attached hydrogens (tertiary/aromatic N) is 1. The molecule has 1 aliphatic rings. The Morgan fingerprint density at radius 3 is 2.05 bits per heavy atom. The van der Waals surface area contributed by atoms with Gasteiger partial charge in [-0.05, 0) is 45.9 Å². The Bertz CT molecular complexity index is 1290. The van der Waals surface area contributed by atoms with Gasteiger partial charge in [0.2, 0.25) is 5.91 Å². The fourth-order valence-electron chi connectivity index (χ4n) is 5.17. The van der Waals surface area contributed by atoms with E-state index >= 15 is 0 Å². The number of nitrogens with one attached hydrogen (secondary N) is 1. The normalized spacial score (nSPS) is 14.4. The van der Waals surface area contributed by atoms with Gasteiger partial charge in [-0.15, -0.1) is 0 Å². The van der Waals surface area contributed by atoms with Crippen molar-refractivity contribution in [1.29, 1.82) is 0 Å². The van der Waals surface area contributed by atoms with Crippen LogP contribution < -0.4 is 5.32 Å². The van der Waals surface area contributed by atoms with E-state index in [0.29, 0.717) is 12.0 Å². The van der Waals surface area contributed by atoms with Crippen LogP contribution in [0.1, 0.15) is 42.9 Å². The molecule has 8 heteroatoms. The van der Waals surface area contributed by atoms with Crippen molar-refractivity contribution < 1.29 is 29.3 Å². The number of ether oxygens (including phenoxy) is 1. The minimum Gasteiger partial charge on any atom is -0.508 e. The number of aliphatic carboxylic acids is 1. The predicted octanol–water partition coefficient (Wildman–Crippen LogP) is 4.80. The molecule has 0 radical (unpaired) electrons. The first kappa shape index (κ1) is 27.7. The summed E-state index contributed by atoms with van der Waals surface area (Å²) in [6, 6.07) is 20.1. The first-order chi connectivity index (χ1) is 18.7. The monoisotopic (exact) mass is 530 g/mol. The average molecular weight is 531 g/mol. The molecule has 3 atom stereocenters. The molecule has 3 aromatic rings. The van der Waals surface area contributed by atoms with E-state index in [4.69, 9.17) is 4.74 Å². The molecule has 0 aliphatic heterocycles. The molecule has 204 valence electrons. The molecular weight excluding hydrogens is 496 g/mol. The second-order valence-electron chi connectivity index (χ2n) is 10.0. The zero-order valence-electron chi connectivity index (χ0n) is 22.3. The average Bonchev–Trinajstić information content (AvgIpc) is 3.26. The number of amides is 2. The number of aromatic hydroxyl groups is 1. The number of benzene rings is 3. The minimum absolute atomic E-state index is 0.0310. The maximum Gasteiger partial charge on any atom is 0.410 e. The standard InChI is InChI=1S/C31H34N2O6/c1-4-19(2)28(29(35)32-27(30(36)37)17-20-13-15-21(34)16-14-20)33(3)31(38)39-18-26-24-11-7-5-9-22(24)23-10-6-8-12-25(23)26/h5-16,19,26-28,34H,4,17-18H2,1-3H3,(H,32,35)(H,36,37)/t19-,27+,28-/m0/s1. The summed E-state index contributed by atoms with van der Waals surface area (Å²) in [5.74, 6) is -2.06. The minimum atomic E-state index is -1.20. The van der Waals surface area contributed by atoms with Gasteiger partial charge in [0.25, 0.3) is 0 Å². The summed E-state index contributed by atoms with van der Waals surface area (Å²) in [5.41, 5.74) is 5.05. The molecule has 0 unspecified atom stereocenters. The van der Waals surface area contributed by atoms with Crippen LogP contribution in [-0.2, 0) is 20.7 Å². The van der Waals surface area contributed by atoms with Gasteiger partial charge < -0.3 is 20.3 Å². The highest BCUT2D eigenvalue weighted by atomic mass is 16.6. The topological polar surface area (TPSA) is 116 Å². The summed E-state index contributed by atoms with van der Waals surface area (Å²) >= 11 is 0. The zero-order valence-corrected chi connectivity index (χ0v) is 22.3. The number of likely N-dealkylation sites (N-methyl/N-ethyl adjacent to an activating group) is 1. The number of hydrogen-bond acceptors (Lipinski definition) is 5. The van der Waals surface area contributed by atoms with E-state index in [-0.39, 0.29) is 30.6 Å². The number of carboxylic acid groups (broad SMARTS) is 1. The number of carbonyl (C=O) groups is 3. The smallest absolute Gasteiger partial charge is 0.410 e. The Morgan fingerprint density at radius 2 is 1.51 bits per heavy atom. The van der Waals surface area contributed by atoms with Crippen LogP contribution in [0, 0.1) is 5.92 Å². The van der Waals surface area contributed by atoms with Crippen LogP contribution >= 0.6 is 0 Å². The maximum atomic E-state index is 13.4. The number of phenols is 1. The quantitative estimate of drug-likeness (QED) is 0.347. The number of phenolic OH excluding ortho intramolecular Hbond substituents is 1. The first-order valence-electron chi connectivity index (χ1n) is 13.1. The highest BCUT2D eigenvalue weighted by Crippen LogP contribution is 2.44. The molecule has 3 aromatic carbocycles. The highest BCUT2D eigenvalue weighted by Gasteiger charge is 2.36. The van der Waals surface area contributed by atoms with E-state index in [9.17, 15) is 24.6 Å². The van der Waals surface area contributed by atoms with E-state index in [2.05, 4.69) is 17.4 Å². The van der Waals surface area contributed by atoms with Gasteiger partial charge in [-0.2, -0.15) is 0 Å². The SMILES string of the molecule is CC[C@H](C)[C@@H](C(=O)N[C@H](Cc1ccc(O)cc1)C(=O)O)N(C)C(=O)OCC1c2ccccc2-c2ccccc21. The Balaban J connectivity index is 1.46. The molecule has 39 heavy (non-hydrogen) atoms. The summed E-state index contributed by atoms with van der Waals surface area (Å²) in [4.78, 5) is 39.8. The van der Waals surface area contributed by atoms with Gasteiger partial charge in [0.05, 0.1) is 0 Å². The molecule has 0 aromatic heterocycles. The van der Waals surface area contributed by atoms with Gasteiger partial charge in [0, 0.05) is 19.4 Å². The van der Waals surface area contributed by atoms with Crippen molar-refractivity contribution >= 4 is 18.0 Å². The van der Waals surface area contributed by atoms with Crippen LogP contribution in [0.25, 0.3) is 11.1 Å². The van der Waals surface area contributed by atoms with Gasteiger partial charge in [-0.25, -0.2) is 9.59 Å². The summed E-state index contributed by atoms with van der Waals surface area (Å²) in [7, 11) is 1.50. The first-order valence-corrected chi connectivity index (χ1v) is 13.1. The molecule has 0 saturated heterocycles. The van der Waals surface area contributed by atoms with E-state index in [1.807, 2.05) is 50.2 Å². The van der Waals surface area contributed by atoms with Crippen molar-refractivity contribution in [1.82, 2.24) is 10.2 Å². The van der Waals surface area contributed by atoms with Gasteiger partial charge in [0.15, 0.2) is 0 Å². The summed E-state index contributed by atoms with van der Waals surface area (Å²) in [6.07, 6.45) is -0.0272. The van der Waals surface area contributed by atoms with Crippen molar-refractivity contribution in [3.05, 3.63) is 89.5 Å². The lowest BCUT2D eigenvalue weighted by Gasteiger charge is -2.32. The van der Waals surface area contributed by atoms with Crippen molar-refractivity contribution in [3.63, 3.8) is 0 Å². The fraction of sp³-hybridized carbons (Fsp3) is 0.323. The lowest BCUT2D eigenvalue weighted by Crippen LogP contribution is -2.55.